The quantitative estimate of drug-likeness (QED) is 0.433. The van der Waals surface area contributed by atoms with E-state index in [-0.39, 0.29) is 70.5 Å². The van der Waals surface area contributed by atoms with Crippen LogP contribution in [-0.4, -0.2) is 33.7 Å². The van der Waals surface area contributed by atoms with Crippen molar-refractivity contribution < 1.29 is 36.9 Å². The summed E-state index contributed by atoms with van der Waals surface area (Å²) in [6.07, 6.45) is 0. The van der Waals surface area contributed by atoms with Crippen molar-refractivity contribution in [2.75, 3.05) is 0 Å². The predicted molar refractivity (Wildman–Crippen MR) is 23.0 cm³/mol. The molecule has 0 saturated heterocycles. The van der Waals surface area contributed by atoms with E-state index in [1.165, 1.54) is 0 Å². The summed E-state index contributed by atoms with van der Waals surface area (Å²) >= 11 is 0. The Labute approximate surface area is 70.0 Å². The Bertz CT molecular complexity index is 3.61. The van der Waals surface area contributed by atoms with Gasteiger partial charge in [-0.2, -0.15) is 0 Å². The fraction of sp³-hybridized carbons (Fsp3) is 0. The summed E-state index contributed by atoms with van der Waals surface area (Å²) < 4.78 is 0. The van der Waals surface area contributed by atoms with Gasteiger partial charge in [0.2, 0.25) is 0 Å². The van der Waals surface area contributed by atoms with Gasteiger partial charge in [0.05, 0.1) is 0 Å². The summed E-state index contributed by atoms with van der Waals surface area (Å²) in [6, 6.07) is 0. The second-order valence-corrected chi connectivity index (χ2v) is 0. The van der Waals surface area contributed by atoms with E-state index >= 15 is 0 Å². The minimum absolute atomic E-state index is 0. The topological polar surface area (TPSA) is 0 Å². The summed E-state index contributed by atoms with van der Waals surface area (Å²) in [7, 11) is 0. The summed E-state index contributed by atoms with van der Waals surface area (Å²) in [5, 5.41) is 0. The third kappa shape index (κ3) is 30.1. The van der Waals surface area contributed by atoms with Gasteiger partial charge >= 0.3 is 0 Å². The van der Waals surface area contributed by atoms with Crippen LogP contribution in [0.25, 0.3) is 0 Å². The van der Waals surface area contributed by atoms with Crippen molar-refractivity contribution in [1.82, 2.24) is 0 Å². The van der Waals surface area contributed by atoms with Crippen molar-refractivity contribution in [3.63, 3.8) is 0 Å². The standard InChI is InChI=1S/4B.Lu. The van der Waals surface area contributed by atoms with Crippen LogP contribution in [-0.2, 0) is 0 Å². The normalized spacial score (nSPS) is 0. The van der Waals surface area contributed by atoms with Gasteiger partial charge in [-0.15, -0.1) is 0 Å². The zero-order valence-electron chi connectivity index (χ0n) is 2.57. The Kier molecular flexibility index (Phi) is 874. The van der Waals surface area contributed by atoms with E-state index in [1.54, 1.807) is 0 Å². The average molecular weight is 218 g/mol. The first-order valence-electron chi connectivity index (χ1n) is 0. The largest absolute Gasteiger partial charge is 0 e. The molecule has 5 heteroatoms. The molecule has 0 fully saturated rings. The van der Waals surface area contributed by atoms with E-state index in [1.807, 2.05) is 0 Å². The van der Waals surface area contributed by atoms with Crippen molar-refractivity contribution in [3.05, 3.63) is 0 Å². The minimum atomic E-state index is 0. The first-order valence-corrected chi connectivity index (χ1v) is 0. The van der Waals surface area contributed by atoms with Crippen LogP contribution in [0.15, 0.2) is 0 Å². The van der Waals surface area contributed by atoms with Gasteiger partial charge in [-0.3, -0.25) is 0 Å². The van der Waals surface area contributed by atoms with Gasteiger partial charge in [0.15, 0.2) is 0 Å². The fourth-order valence-corrected chi connectivity index (χ4v) is 0. The molecule has 0 aromatic rings. The Morgan fingerprint density at radius 3 is 0.400 bits per heavy atom. The zero-order chi connectivity index (χ0) is 0. The smallest absolute Gasteiger partial charge is 0 e. The molecular formula is B4Lu. The van der Waals surface area contributed by atoms with Crippen molar-refractivity contribution in [2.24, 2.45) is 0 Å². The first-order chi connectivity index (χ1) is 0. The molecule has 27 valence electrons. The van der Waals surface area contributed by atoms with E-state index in [0.29, 0.717) is 0 Å². The molecule has 0 aromatic heterocycles. The number of hydrogen-bond acceptors (Lipinski definition) is 0. The number of hydrogen-bond donors (Lipinski definition) is 0. The summed E-state index contributed by atoms with van der Waals surface area (Å²) in [4.78, 5) is 0. The summed E-state index contributed by atoms with van der Waals surface area (Å²) in [5.41, 5.74) is 0. The van der Waals surface area contributed by atoms with Crippen LogP contribution in [0.4, 0.5) is 0 Å². The molecule has 0 aliphatic carbocycles. The molecule has 0 rings (SSSR count). The van der Waals surface area contributed by atoms with E-state index in [2.05, 4.69) is 0 Å². The molecule has 0 aromatic carbocycles. The van der Waals surface area contributed by atoms with Crippen molar-refractivity contribution in [3.8, 4) is 0 Å². The van der Waals surface area contributed by atoms with Crippen LogP contribution in [0.5, 0.6) is 0 Å². The van der Waals surface area contributed by atoms with E-state index < -0.39 is 0 Å². The van der Waals surface area contributed by atoms with Gasteiger partial charge in [-0.1, -0.05) is 0 Å². The van der Waals surface area contributed by atoms with Gasteiger partial charge in [-0.25, -0.2) is 0 Å². The molecule has 0 N–H and O–H groups in total. The maximum Gasteiger partial charge on any atom is 0 e. The molecule has 0 saturated carbocycles. The van der Waals surface area contributed by atoms with Gasteiger partial charge in [-0.05, 0) is 0 Å². The monoisotopic (exact) mass is 219 g/mol. The van der Waals surface area contributed by atoms with Crippen molar-refractivity contribution >= 4 is 33.7 Å². The molecule has 0 heterocycles. The first kappa shape index (κ1) is 87.9. The molecule has 0 atom stereocenters. The summed E-state index contributed by atoms with van der Waals surface area (Å²) in [5.74, 6) is 0. The molecule has 13 radical (unpaired) electrons. The van der Waals surface area contributed by atoms with Crippen LogP contribution in [0.2, 0.25) is 0 Å². The van der Waals surface area contributed by atoms with Gasteiger partial charge in [0.25, 0.3) is 0 Å². The average Bonchev–Trinajstić information content (AvgIpc) is 0. The van der Waals surface area contributed by atoms with Gasteiger partial charge in [0.1, 0.15) is 0 Å². The van der Waals surface area contributed by atoms with E-state index in [9.17, 15) is 0 Å². The summed E-state index contributed by atoms with van der Waals surface area (Å²) in [6.45, 7) is 0. The van der Waals surface area contributed by atoms with Crippen LogP contribution >= 0.6 is 0 Å². The second kappa shape index (κ2) is 49.7. The molecule has 0 aliphatic rings. The van der Waals surface area contributed by atoms with Crippen LogP contribution in [0, 0.1) is 36.9 Å². The Morgan fingerprint density at radius 1 is 0.400 bits per heavy atom. The van der Waals surface area contributed by atoms with E-state index in [4.69, 9.17) is 0 Å². The molecule has 0 spiro atoms. The number of rotatable bonds is 0. The van der Waals surface area contributed by atoms with E-state index in [0.717, 1.165) is 0 Å². The molecular weight excluding hydrogens is 218 g/mol. The Balaban J connectivity index is 0. The Morgan fingerprint density at radius 2 is 0.400 bits per heavy atom. The molecule has 0 bridgehead atoms. The van der Waals surface area contributed by atoms with Crippen LogP contribution in [0.1, 0.15) is 0 Å². The zero-order valence-corrected chi connectivity index (χ0v) is 4.22. The third-order valence-electron chi connectivity index (χ3n) is 0. The predicted octanol–water partition coefficient (Wildman–Crippen LogP) is -1.52. The molecule has 0 aliphatic heterocycles. The van der Waals surface area contributed by atoms with Gasteiger partial charge < -0.3 is 0 Å². The maximum atomic E-state index is 0. The van der Waals surface area contributed by atoms with Gasteiger partial charge in [0, 0.05) is 70.5 Å². The fourth-order valence-electron chi connectivity index (χ4n) is 0. The van der Waals surface area contributed by atoms with Crippen LogP contribution in [0.3, 0.4) is 0 Å². The third-order valence-corrected chi connectivity index (χ3v) is 0. The SMILES string of the molecule is [B].[B].[B].[B].[Lu]. The molecule has 0 unspecified atom stereocenters. The Hall–Kier alpha value is 1.49. The second-order valence-electron chi connectivity index (χ2n) is 0. The van der Waals surface area contributed by atoms with Crippen LogP contribution < -0.4 is 0 Å². The molecule has 5 heavy (non-hydrogen) atoms. The van der Waals surface area contributed by atoms with Crippen molar-refractivity contribution in [2.45, 2.75) is 0 Å². The molecule has 0 nitrogen and oxygen atoms in total. The molecule has 0 amide bonds. The van der Waals surface area contributed by atoms with Crippen molar-refractivity contribution in [1.29, 1.82) is 0 Å². The minimum Gasteiger partial charge on any atom is 0 e. The maximum absolute atomic E-state index is 0.